The summed E-state index contributed by atoms with van der Waals surface area (Å²) >= 11 is 0. The average molecular weight is 273 g/mol. The second-order valence-corrected chi connectivity index (χ2v) is 4.33. The molecule has 0 aliphatic carbocycles. The van der Waals surface area contributed by atoms with Crippen LogP contribution in [0.25, 0.3) is 11.0 Å². The number of benzene rings is 1. The molecule has 6 heteroatoms. The van der Waals surface area contributed by atoms with E-state index >= 15 is 0 Å². The van der Waals surface area contributed by atoms with Gasteiger partial charge in [0.25, 0.3) is 0 Å². The summed E-state index contributed by atoms with van der Waals surface area (Å²) in [5.41, 5.74) is 3.95. The summed E-state index contributed by atoms with van der Waals surface area (Å²) in [4.78, 5) is 4.43. The first-order valence-electron chi connectivity index (χ1n) is 5.80. The predicted molar refractivity (Wildman–Crippen MR) is 64.5 cm³/mol. The fourth-order valence-corrected chi connectivity index (χ4v) is 1.91. The van der Waals surface area contributed by atoms with E-state index in [2.05, 4.69) is 10.3 Å². The van der Waals surface area contributed by atoms with Crippen LogP contribution in [-0.4, -0.2) is 12.8 Å². The van der Waals surface area contributed by atoms with Gasteiger partial charge in [0.15, 0.2) is 6.61 Å². The van der Waals surface area contributed by atoms with Crippen LogP contribution in [0.3, 0.4) is 0 Å². The smallest absolute Gasteiger partial charge is 0.413 e. The molecule has 1 aromatic carbocycles. The Morgan fingerprint density at radius 1 is 1.32 bits per heavy atom. The van der Waals surface area contributed by atoms with Crippen LogP contribution in [0.2, 0.25) is 0 Å². The van der Waals surface area contributed by atoms with Gasteiger partial charge >= 0.3 is 6.18 Å². The van der Waals surface area contributed by atoms with Gasteiger partial charge < -0.3 is 4.42 Å². The van der Waals surface area contributed by atoms with Gasteiger partial charge in [-0.25, -0.2) is 0 Å². The van der Waals surface area contributed by atoms with E-state index in [1.54, 1.807) is 6.92 Å². The topological polar surface area (TPSA) is 34.4 Å². The van der Waals surface area contributed by atoms with Gasteiger partial charge in [0, 0.05) is 10.9 Å². The molecule has 104 valence electrons. The van der Waals surface area contributed by atoms with Crippen molar-refractivity contribution in [2.75, 3.05) is 6.61 Å². The Hall–Kier alpha value is -1.53. The Labute approximate surface area is 108 Å². The number of alkyl halides is 3. The summed E-state index contributed by atoms with van der Waals surface area (Å²) < 4.78 is 41.5. The first kappa shape index (κ1) is 13.9. The summed E-state index contributed by atoms with van der Waals surface area (Å²) in [5.74, 6) is 0.573. The second-order valence-electron chi connectivity index (χ2n) is 4.33. The molecule has 0 bridgehead atoms. The van der Waals surface area contributed by atoms with Crippen molar-refractivity contribution < 1.29 is 22.4 Å². The highest BCUT2D eigenvalue weighted by atomic mass is 19.4. The SMILES string of the molecule is Cc1c(C(C)NOCC(F)(F)F)oc2ccccc12. The Morgan fingerprint density at radius 3 is 2.63 bits per heavy atom. The first-order chi connectivity index (χ1) is 8.88. The van der Waals surface area contributed by atoms with E-state index in [4.69, 9.17) is 4.42 Å². The van der Waals surface area contributed by atoms with Gasteiger partial charge in [-0.15, -0.1) is 0 Å². The summed E-state index contributed by atoms with van der Waals surface area (Å²) in [5, 5.41) is 0.946. The van der Waals surface area contributed by atoms with Crippen LogP contribution in [-0.2, 0) is 4.84 Å². The Kier molecular flexibility index (Phi) is 3.82. The minimum atomic E-state index is -4.35. The van der Waals surface area contributed by atoms with Gasteiger partial charge in [0.1, 0.15) is 11.3 Å². The van der Waals surface area contributed by atoms with Crippen LogP contribution < -0.4 is 5.48 Å². The number of nitrogens with one attached hydrogen (secondary N) is 1. The van der Waals surface area contributed by atoms with E-state index in [1.807, 2.05) is 31.2 Å². The Bertz CT molecular complexity index is 563. The number of hydrogen-bond acceptors (Lipinski definition) is 3. The third kappa shape index (κ3) is 3.27. The largest absolute Gasteiger partial charge is 0.459 e. The molecule has 0 radical (unpaired) electrons. The van der Waals surface area contributed by atoms with Crippen LogP contribution >= 0.6 is 0 Å². The molecule has 1 N–H and O–H groups in total. The minimum absolute atomic E-state index is 0.463. The lowest BCUT2D eigenvalue weighted by molar-refractivity contribution is -0.193. The van der Waals surface area contributed by atoms with Crippen molar-refractivity contribution >= 4 is 11.0 Å². The fourth-order valence-electron chi connectivity index (χ4n) is 1.91. The number of hydroxylamine groups is 1. The standard InChI is InChI=1S/C13H14F3NO2/c1-8-10-5-3-4-6-11(10)19-12(8)9(2)17-18-7-13(14,15)16/h3-6,9,17H,7H2,1-2H3. The molecule has 0 spiro atoms. The normalized spacial score (nSPS) is 13.9. The number of furan rings is 1. The van der Waals surface area contributed by atoms with Gasteiger partial charge in [-0.3, -0.25) is 4.84 Å². The minimum Gasteiger partial charge on any atom is -0.459 e. The number of fused-ring (bicyclic) bond motifs is 1. The molecule has 0 saturated carbocycles. The molecule has 1 aromatic heterocycles. The van der Waals surface area contributed by atoms with Crippen LogP contribution in [0, 0.1) is 6.92 Å². The molecule has 3 nitrogen and oxygen atoms in total. The summed E-state index contributed by atoms with van der Waals surface area (Å²) in [6.45, 7) is 2.21. The van der Waals surface area contributed by atoms with Gasteiger partial charge in [-0.1, -0.05) is 18.2 Å². The maximum Gasteiger partial charge on any atom is 0.413 e. The molecular weight excluding hydrogens is 259 g/mol. The molecule has 1 atom stereocenters. The lowest BCUT2D eigenvalue weighted by atomic mass is 10.1. The highest BCUT2D eigenvalue weighted by Gasteiger charge is 2.28. The summed E-state index contributed by atoms with van der Waals surface area (Å²) in [7, 11) is 0. The predicted octanol–water partition coefficient (Wildman–Crippen LogP) is 3.89. The Morgan fingerprint density at radius 2 is 2.00 bits per heavy atom. The van der Waals surface area contributed by atoms with E-state index in [0.717, 1.165) is 10.9 Å². The second kappa shape index (κ2) is 5.22. The van der Waals surface area contributed by atoms with Crippen molar-refractivity contribution in [3.8, 4) is 0 Å². The van der Waals surface area contributed by atoms with Gasteiger partial charge in [-0.05, 0) is 19.9 Å². The molecule has 0 aliphatic heterocycles. The van der Waals surface area contributed by atoms with Crippen molar-refractivity contribution in [1.82, 2.24) is 5.48 Å². The maximum atomic E-state index is 12.0. The van der Waals surface area contributed by atoms with Gasteiger partial charge in [0.2, 0.25) is 0 Å². The molecule has 2 rings (SSSR count). The van der Waals surface area contributed by atoms with Crippen LogP contribution in [0.15, 0.2) is 28.7 Å². The number of hydrogen-bond donors (Lipinski definition) is 1. The third-order valence-electron chi connectivity index (χ3n) is 2.77. The third-order valence-corrected chi connectivity index (χ3v) is 2.77. The van der Waals surface area contributed by atoms with E-state index in [-0.39, 0.29) is 0 Å². The van der Waals surface area contributed by atoms with Crippen LogP contribution in [0.5, 0.6) is 0 Å². The molecule has 2 aromatic rings. The summed E-state index contributed by atoms with van der Waals surface area (Å²) in [6.07, 6.45) is -4.35. The molecule has 1 unspecified atom stereocenters. The first-order valence-corrected chi connectivity index (χ1v) is 5.80. The van der Waals surface area contributed by atoms with Gasteiger partial charge in [-0.2, -0.15) is 18.7 Å². The zero-order chi connectivity index (χ0) is 14.0. The molecule has 0 amide bonds. The van der Waals surface area contributed by atoms with Crippen molar-refractivity contribution in [1.29, 1.82) is 0 Å². The van der Waals surface area contributed by atoms with E-state index in [9.17, 15) is 13.2 Å². The summed E-state index contributed by atoms with van der Waals surface area (Å²) in [6, 6.07) is 6.98. The lowest BCUT2D eigenvalue weighted by Gasteiger charge is -2.13. The van der Waals surface area contributed by atoms with Crippen molar-refractivity contribution in [3.05, 3.63) is 35.6 Å². The quantitative estimate of drug-likeness (QED) is 0.858. The van der Waals surface area contributed by atoms with E-state index < -0.39 is 18.8 Å². The zero-order valence-corrected chi connectivity index (χ0v) is 10.5. The monoisotopic (exact) mass is 273 g/mol. The van der Waals surface area contributed by atoms with E-state index in [0.29, 0.717) is 11.3 Å². The van der Waals surface area contributed by atoms with Gasteiger partial charge in [0.05, 0.1) is 6.04 Å². The number of aryl methyl sites for hydroxylation is 1. The lowest BCUT2D eigenvalue weighted by Crippen LogP contribution is -2.26. The fraction of sp³-hybridized carbons (Fsp3) is 0.385. The molecule has 0 fully saturated rings. The molecule has 0 saturated heterocycles. The highest BCUT2D eigenvalue weighted by molar-refractivity contribution is 5.82. The molecule has 0 aliphatic rings. The van der Waals surface area contributed by atoms with E-state index in [1.165, 1.54) is 0 Å². The highest BCUT2D eigenvalue weighted by Crippen LogP contribution is 2.29. The van der Waals surface area contributed by atoms with Crippen molar-refractivity contribution in [2.45, 2.75) is 26.1 Å². The number of para-hydroxylation sites is 1. The average Bonchev–Trinajstić information content (AvgIpc) is 2.66. The van der Waals surface area contributed by atoms with Crippen molar-refractivity contribution in [3.63, 3.8) is 0 Å². The molecule has 19 heavy (non-hydrogen) atoms. The number of halogens is 3. The number of rotatable bonds is 4. The zero-order valence-electron chi connectivity index (χ0n) is 10.5. The molecule has 1 heterocycles. The maximum absolute atomic E-state index is 12.0. The molecular formula is C13H14F3NO2. The Balaban J connectivity index is 2.09. The van der Waals surface area contributed by atoms with Crippen LogP contribution in [0.4, 0.5) is 13.2 Å². The van der Waals surface area contributed by atoms with Crippen LogP contribution in [0.1, 0.15) is 24.3 Å². The van der Waals surface area contributed by atoms with Crippen molar-refractivity contribution in [2.24, 2.45) is 0 Å².